The molecule has 2 aromatic carbocycles. The van der Waals surface area contributed by atoms with E-state index in [2.05, 4.69) is 92.4 Å². The largest absolute Gasteiger partial charge is 0.457 e. The Balaban J connectivity index is 1.97. The van der Waals surface area contributed by atoms with Crippen LogP contribution in [0.2, 0.25) is 0 Å². The Labute approximate surface area is 160 Å². The van der Waals surface area contributed by atoms with Gasteiger partial charge in [-0.1, -0.05) is 73.4 Å². The standard InChI is InChI=1S/C26H22O/c1-3-11-18-19-12-5-6-13-21(19)26(20(18)4-2)22-14-7-9-16-24(22)27-25-17-10-8-15-23(25)26/h3-5,7-12,14-17H,2,6,13H2,1H3/b11-3-. The lowest BCUT2D eigenvalue weighted by molar-refractivity contribution is 0.431. The summed E-state index contributed by atoms with van der Waals surface area (Å²) in [5, 5.41) is 0. The molecule has 27 heavy (non-hydrogen) atoms. The van der Waals surface area contributed by atoms with E-state index in [1.54, 1.807) is 0 Å². The van der Waals surface area contributed by atoms with Crippen LogP contribution >= 0.6 is 0 Å². The Kier molecular flexibility index (Phi) is 3.58. The third-order valence-corrected chi connectivity index (χ3v) is 5.95. The van der Waals surface area contributed by atoms with E-state index < -0.39 is 0 Å². The predicted octanol–water partition coefficient (Wildman–Crippen LogP) is 6.80. The SMILES string of the molecule is C=CC1=C(/C=C\C)C2=C(CCC=C2)C12c1ccccc1Oc1ccccc12. The molecule has 0 saturated carbocycles. The molecule has 5 rings (SSSR count). The van der Waals surface area contributed by atoms with E-state index in [9.17, 15) is 0 Å². The van der Waals surface area contributed by atoms with Gasteiger partial charge in [-0.15, -0.1) is 0 Å². The minimum absolute atomic E-state index is 0.317. The molecule has 0 N–H and O–H groups in total. The number of ether oxygens (including phenoxy) is 1. The first-order valence-corrected chi connectivity index (χ1v) is 9.59. The summed E-state index contributed by atoms with van der Waals surface area (Å²) in [7, 11) is 0. The molecule has 0 saturated heterocycles. The molecule has 1 aliphatic heterocycles. The third-order valence-electron chi connectivity index (χ3n) is 5.95. The van der Waals surface area contributed by atoms with E-state index in [1.807, 2.05) is 0 Å². The van der Waals surface area contributed by atoms with Gasteiger partial charge in [0.1, 0.15) is 11.5 Å². The fourth-order valence-electron chi connectivity index (χ4n) is 5.03. The Hall–Kier alpha value is -3.06. The van der Waals surface area contributed by atoms with E-state index in [4.69, 9.17) is 4.74 Å². The zero-order valence-electron chi connectivity index (χ0n) is 15.5. The summed E-state index contributed by atoms with van der Waals surface area (Å²) in [4.78, 5) is 0. The lowest BCUT2D eigenvalue weighted by Crippen LogP contribution is -2.34. The zero-order valence-corrected chi connectivity index (χ0v) is 15.5. The number of fused-ring (bicyclic) bond motifs is 5. The normalized spacial score (nSPS) is 19.1. The zero-order chi connectivity index (χ0) is 18.4. The van der Waals surface area contributed by atoms with E-state index in [0.717, 1.165) is 24.3 Å². The molecule has 1 heterocycles. The summed E-state index contributed by atoms with van der Waals surface area (Å²) in [6.45, 7) is 6.33. The van der Waals surface area contributed by atoms with Crippen LogP contribution in [-0.4, -0.2) is 0 Å². The molecule has 0 atom stereocenters. The second kappa shape index (κ2) is 5.99. The topological polar surface area (TPSA) is 9.23 Å². The van der Waals surface area contributed by atoms with E-state index in [-0.39, 0.29) is 5.41 Å². The summed E-state index contributed by atoms with van der Waals surface area (Å²) >= 11 is 0. The summed E-state index contributed by atoms with van der Waals surface area (Å²) in [5.41, 5.74) is 7.49. The monoisotopic (exact) mass is 350 g/mol. The maximum Gasteiger partial charge on any atom is 0.132 e. The second-order valence-electron chi connectivity index (χ2n) is 7.21. The van der Waals surface area contributed by atoms with Gasteiger partial charge in [0.25, 0.3) is 0 Å². The van der Waals surface area contributed by atoms with Gasteiger partial charge in [0.05, 0.1) is 5.41 Å². The highest BCUT2D eigenvalue weighted by Gasteiger charge is 2.51. The molecule has 1 spiro atoms. The lowest BCUT2D eigenvalue weighted by atomic mass is 9.63. The molecule has 0 unspecified atom stereocenters. The van der Waals surface area contributed by atoms with E-state index in [0.29, 0.717) is 0 Å². The average Bonchev–Trinajstić information content (AvgIpc) is 2.99. The Morgan fingerprint density at radius 2 is 1.67 bits per heavy atom. The number of allylic oxidation sites excluding steroid dienone is 9. The predicted molar refractivity (Wildman–Crippen MR) is 111 cm³/mol. The van der Waals surface area contributed by atoms with Crippen molar-refractivity contribution in [2.24, 2.45) is 0 Å². The number of para-hydroxylation sites is 2. The van der Waals surface area contributed by atoms with Crippen molar-refractivity contribution in [3.05, 3.63) is 119 Å². The van der Waals surface area contributed by atoms with Crippen molar-refractivity contribution in [3.8, 4) is 11.5 Å². The van der Waals surface area contributed by atoms with Crippen molar-refractivity contribution in [2.45, 2.75) is 25.2 Å². The van der Waals surface area contributed by atoms with Crippen LogP contribution in [0.3, 0.4) is 0 Å². The van der Waals surface area contributed by atoms with Gasteiger partial charge < -0.3 is 4.74 Å². The van der Waals surface area contributed by atoms with Gasteiger partial charge in [0.2, 0.25) is 0 Å². The molecule has 0 bridgehead atoms. The van der Waals surface area contributed by atoms with Gasteiger partial charge in [-0.2, -0.15) is 0 Å². The number of rotatable bonds is 2. The summed E-state index contributed by atoms with van der Waals surface area (Å²) < 4.78 is 6.32. The second-order valence-corrected chi connectivity index (χ2v) is 7.21. The molecule has 0 fully saturated rings. The molecule has 0 aromatic heterocycles. The van der Waals surface area contributed by atoms with Crippen LogP contribution in [0.5, 0.6) is 11.5 Å². The molecule has 0 amide bonds. The number of hydrogen-bond acceptors (Lipinski definition) is 1. The first-order valence-electron chi connectivity index (χ1n) is 9.59. The lowest BCUT2D eigenvalue weighted by Gasteiger charge is -2.41. The van der Waals surface area contributed by atoms with E-state index in [1.165, 1.54) is 33.4 Å². The number of hydrogen-bond donors (Lipinski definition) is 0. The fraction of sp³-hybridized carbons (Fsp3) is 0.154. The summed E-state index contributed by atoms with van der Waals surface area (Å²) in [6, 6.07) is 16.9. The first kappa shape index (κ1) is 16.1. The van der Waals surface area contributed by atoms with Crippen molar-refractivity contribution in [3.63, 3.8) is 0 Å². The minimum atomic E-state index is -0.317. The molecular weight excluding hydrogens is 328 g/mol. The van der Waals surface area contributed by atoms with E-state index >= 15 is 0 Å². The first-order chi connectivity index (χ1) is 13.3. The summed E-state index contributed by atoms with van der Waals surface area (Å²) in [6.07, 6.45) is 13.1. The molecule has 1 nitrogen and oxygen atoms in total. The number of benzene rings is 2. The fourth-order valence-corrected chi connectivity index (χ4v) is 5.03. The summed E-state index contributed by atoms with van der Waals surface area (Å²) in [5.74, 6) is 1.89. The minimum Gasteiger partial charge on any atom is -0.457 e. The van der Waals surface area contributed by atoms with Crippen LogP contribution in [0.1, 0.15) is 30.9 Å². The molecule has 1 heteroatoms. The molecule has 2 aliphatic carbocycles. The van der Waals surface area contributed by atoms with Gasteiger partial charge in [0, 0.05) is 11.1 Å². The molecule has 132 valence electrons. The quantitative estimate of drug-likeness (QED) is 0.579. The van der Waals surface area contributed by atoms with Crippen LogP contribution in [0, 0.1) is 0 Å². The Morgan fingerprint density at radius 1 is 1.00 bits per heavy atom. The van der Waals surface area contributed by atoms with Gasteiger partial charge in [-0.3, -0.25) is 0 Å². The van der Waals surface area contributed by atoms with Crippen LogP contribution < -0.4 is 4.74 Å². The highest BCUT2D eigenvalue weighted by Crippen LogP contribution is 2.62. The average molecular weight is 350 g/mol. The van der Waals surface area contributed by atoms with Crippen molar-refractivity contribution < 1.29 is 4.74 Å². The maximum atomic E-state index is 6.32. The van der Waals surface area contributed by atoms with Gasteiger partial charge in [-0.05, 0) is 54.2 Å². The molecule has 2 aromatic rings. The Bertz CT molecular complexity index is 1030. The van der Waals surface area contributed by atoms with Gasteiger partial charge in [0.15, 0.2) is 0 Å². The van der Waals surface area contributed by atoms with Crippen molar-refractivity contribution >= 4 is 0 Å². The maximum absolute atomic E-state index is 6.32. The van der Waals surface area contributed by atoms with Crippen LogP contribution in [0.15, 0.2) is 108 Å². The van der Waals surface area contributed by atoms with Crippen LogP contribution in [0.25, 0.3) is 0 Å². The molecule has 0 radical (unpaired) electrons. The van der Waals surface area contributed by atoms with Crippen molar-refractivity contribution in [1.29, 1.82) is 0 Å². The smallest absolute Gasteiger partial charge is 0.132 e. The highest BCUT2D eigenvalue weighted by atomic mass is 16.5. The molecular formula is C26H22O. The van der Waals surface area contributed by atoms with Crippen LogP contribution in [-0.2, 0) is 5.41 Å². The highest BCUT2D eigenvalue weighted by molar-refractivity contribution is 5.79. The Morgan fingerprint density at radius 3 is 2.30 bits per heavy atom. The van der Waals surface area contributed by atoms with Crippen molar-refractivity contribution in [1.82, 2.24) is 0 Å². The van der Waals surface area contributed by atoms with Crippen molar-refractivity contribution in [2.75, 3.05) is 0 Å². The van der Waals surface area contributed by atoms with Gasteiger partial charge in [-0.25, -0.2) is 0 Å². The third kappa shape index (κ3) is 2.00. The molecule has 3 aliphatic rings. The van der Waals surface area contributed by atoms with Gasteiger partial charge >= 0.3 is 0 Å². The van der Waals surface area contributed by atoms with Crippen LogP contribution in [0.4, 0.5) is 0 Å².